The fourth-order valence-electron chi connectivity index (χ4n) is 4.11. The van der Waals surface area contributed by atoms with E-state index in [1.807, 2.05) is 43.1 Å². The minimum Gasteiger partial charge on any atom is -0.356 e. The van der Waals surface area contributed by atoms with Gasteiger partial charge in [0.1, 0.15) is 0 Å². The molecule has 0 spiro atoms. The number of amides is 2. The van der Waals surface area contributed by atoms with E-state index in [4.69, 9.17) is 0 Å². The molecule has 0 unspecified atom stereocenters. The molecular formula is C23H29N3O2. The molecule has 0 saturated carbocycles. The zero-order valence-electron chi connectivity index (χ0n) is 16.8. The normalized spacial score (nSPS) is 19.3. The SMILES string of the molecule is CCNC(=O)[C@]1(Cc2cccc(-c3cccnc3)c2)CCCN(C(=O)CC)C1. The van der Waals surface area contributed by atoms with Crippen molar-refractivity contribution in [1.82, 2.24) is 15.2 Å². The molecule has 1 aromatic heterocycles. The number of nitrogens with zero attached hydrogens (tertiary/aromatic N) is 2. The van der Waals surface area contributed by atoms with Crippen LogP contribution in [0.15, 0.2) is 48.8 Å². The third-order valence-corrected chi connectivity index (χ3v) is 5.52. The van der Waals surface area contributed by atoms with E-state index in [9.17, 15) is 9.59 Å². The lowest BCUT2D eigenvalue weighted by Gasteiger charge is -2.42. The van der Waals surface area contributed by atoms with Gasteiger partial charge in [0, 0.05) is 38.4 Å². The number of benzene rings is 1. The van der Waals surface area contributed by atoms with Crippen molar-refractivity contribution in [3.63, 3.8) is 0 Å². The minimum absolute atomic E-state index is 0.0513. The number of aromatic nitrogens is 1. The molecule has 3 rings (SSSR count). The minimum atomic E-state index is -0.577. The monoisotopic (exact) mass is 379 g/mol. The lowest BCUT2D eigenvalue weighted by Crippen LogP contribution is -2.54. The van der Waals surface area contributed by atoms with Crippen LogP contribution in [0.1, 0.15) is 38.7 Å². The van der Waals surface area contributed by atoms with Crippen LogP contribution in [0.3, 0.4) is 0 Å². The summed E-state index contributed by atoms with van der Waals surface area (Å²) in [5.74, 6) is 0.174. The highest BCUT2D eigenvalue weighted by Gasteiger charge is 2.43. The first kappa shape index (κ1) is 20.1. The van der Waals surface area contributed by atoms with Gasteiger partial charge in [-0.1, -0.05) is 37.3 Å². The predicted molar refractivity (Wildman–Crippen MR) is 111 cm³/mol. The third-order valence-electron chi connectivity index (χ3n) is 5.52. The van der Waals surface area contributed by atoms with Gasteiger partial charge < -0.3 is 10.2 Å². The van der Waals surface area contributed by atoms with Crippen LogP contribution in [-0.2, 0) is 16.0 Å². The Labute approximate surface area is 167 Å². The van der Waals surface area contributed by atoms with Crippen molar-refractivity contribution in [2.24, 2.45) is 5.41 Å². The molecule has 1 aromatic carbocycles. The molecule has 2 heterocycles. The van der Waals surface area contributed by atoms with Crippen molar-refractivity contribution in [2.75, 3.05) is 19.6 Å². The van der Waals surface area contributed by atoms with Gasteiger partial charge in [-0.3, -0.25) is 14.6 Å². The molecule has 28 heavy (non-hydrogen) atoms. The van der Waals surface area contributed by atoms with Crippen LogP contribution in [0.25, 0.3) is 11.1 Å². The Morgan fingerprint density at radius 2 is 2.00 bits per heavy atom. The predicted octanol–water partition coefficient (Wildman–Crippen LogP) is 3.45. The van der Waals surface area contributed by atoms with Gasteiger partial charge in [0.2, 0.25) is 11.8 Å². The van der Waals surface area contributed by atoms with Crippen molar-refractivity contribution < 1.29 is 9.59 Å². The summed E-state index contributed by atoms with van der Waals surface area (Å²) in [7, 11) is 0. The number of carbonyl (C=O) groups excluding carboxylic acids is 2. The second-order valence-electron chi connectivity index (χ2n) is 7.53. The Balaban J connectivity index is 1.90. The van der Waals surface area contributed by atoms with Crippen molar-refractivity contribution in [2.45, 2.75) is 39.5 Å². The Morgan fingerprint density at radius 3 is 2.71 bits per heavy atom. The van der Waals surface area contributed by atoms with E-state index in [0.717, 1.165) is 36.1 Å². The van der Waals surface area contributed by atoms with Gasteiger partial charge in [-0.2, -0.15) is 0 Å². The smallest absolute Gasteiger partial charge is 0.228 e. The van der Waals surface area contributed by atoms with Crippen molar-refractivity contribution >= 4 is 11.8 Å². The molecule has 1 aliphatic heterocycles. The van der Waals surface area contributed by atoms with Crippen molar-refractivity contribution in [3.8, 4) is 11.1 Å². The third kappa shape index (κ3) is 4.41. The first-order chi connectivity index (χ1) is 13.6. The molecule has 5 nitrogen and oxygen atoms in total. The highest BCUT2D eigenvalue weighted by Crippen LogP contribution is 2.35. The second-order valence-corrected chi connectivity index (χ2v) is 7.53. The van der Waals surface area contributed by atoms with Gasteiger partial charge in [-0.05, 0) is 48.9 Å². The quantitative estimate of drug-likeness (QED) is 0.836. The number of nitrogens with one attached hydrogen (secondary N) is 1. The maximum Gasteiger partial charge on any atom is 0.228 e. The van der Waals surface area contributed by atoms with Crippen LogP contribution in [-0.4, -0.2) is 41.3 Å². The van der Waals surface area contributed by atoms with Crippen LogP contribution in [0.5, 0.6) is 0 Å². The molecule has 0 radical (unpaired) electrons. The molecule has 0 bridgehead atoms. The summed E-state index contributed by atoms with van der Waals surface area (Å²) in [6.45, 7) is 5.64. The maximum atomic E-state index is 13.1. The van der Waals surface area contributed by atoms with E-state index < -0.39 is 5.41 Å². The fraction of sp³-hybridized carbons (Fsp3) is 0.435. The highest BCUT2D eigenvalue weighted by molar-refractivity contribution is 5.85. The number of piperidine rings is 1. The van der Waals surface area contributed by atoms with E-state index in [0.29, 0.717) is 25.9 Å². The van der Waals surface area contributed by atoms with Gasteiger partial charge in [-0.15, -0.1) is 0 Å². The Morgan fingerprint density at radius 1 is 1.18 bits per heavy atom. The highest BCUT2D eigenvalue weighted by atomic mass is 16.2. The number of rotatable bonds is 6. The maximum absolute atomic E-state index is 13.1. The van der Waals surface area contributed by atoms with E-state index in [2.05, 4.69) is 28.5 Å². The molecule has 5 heteroatoms. The molecule has 1 saturated heterocycles. The van der Waals surface area contributed by atoms with Crippen LogP contribution in [0.4, 0.5) is 0 Å². The van der Waals surface area contributed by atoms with Gasteiger partial charge in [0.25, 0.3) is 0 Å². The lowest BCUT2D eigenvalue weighted by molar-refractivity contribution is -0.141. The number of pyridine rings is 1. The van der Waals surface area contributed by atoms with Crippen molar-refractivity contribution in [3.05, 3.63) is 54.4 Å². The van der Waals surface area contributed by atoms with Crippen LogP contribution >= 0.6 is 0 Å². The van der Waals surface area contributed by atoms with Gasteiger partial charge in [-0.25, -0.2) is 0 Å². The van der Waals surface area contributed by atoms with Gasteiger partial charge >= 0.3 is 0 Å². The summed E-state index contributed by atoms with van der Waals surface area (Å²) in [5, 5.41) is 3.01. The van der Waals surface area contributed by atoms with E-state index in [1.54, 1.807) is 6.20 Å². The van der Waals surface area contributed by atoms with Crippen molar-refractivity contribution in [1.29, 1.82) is 0 Å². The molecular weight excluding hydrogens is 350 g/mol. The van der Waals surface area contributed by atoms with Crippen LogP contribution in [0.2, 0.25) is 0 Å². The number of carbonyl (C=O) groups is 2. The van der Waals surface area contributed by atoms with E-state index in [1.165, 1.54) is 0 Å². The summed E-state index contributed by atoms with van der Waals surface area (Å²) in [6, 6.07) is 12.3. The zero-order chi connectivity index (χ0) is 20.0. The van der Waals surface area contributed by atoms with Crippen LogP contribution in [0, 0.1) is 5.41 Å². The lowest BCUT2D eigenvalue weighted by atomic mass is 9.74. The largest absolute Gasteiger partial charge is 0.356 e. The van der Waals surface area contributed by atoms with Crippen LogP contribution < -0.4 is 5.32 Å². The molecule has 1 atom stereocenters. The number of hydrogen-bond donors (Lipinski definition) is 1. The topological polar surface area (TPSA) is 62.3 Å². The summed E-state index contributed by atoms with van der Waals surface area (Å²) in [5.41, 5.74) is 2.68. The molecule has 1 aliphatic rings. The summed E-state index contributed by atoms with van der Waals surface area (Å²) < 4.78 is 0. The Hall–Kier alpha value is -2.69. The second kappa shape index (κ2) is 9.00. The molecule has 1 N–H and O–H groups in total. The Bertz CT molecular complexity index is 822. The molecule has 0 aliphatic carbocycles. The average molecular weight is 380 g/mol. The zero-order valence-corrected chi connectivity index (χ0v) is 16.8. The molecule has 2 aromatic rings. The summed E-state index contributed by atoms with van der Waals surface area (Å²) in [4.78, 5) is 31.5. The number of hydrogen-bond acceptors (Lipinski definition) is 3. The fourth-order valence-corrected chi connectivity index (χ4v) is 4.11. The summed E-state index contributed by atoms with van der Waals surface area (Å²) in [6.07, 6.45) is 6.36. The average Bonchev–Trinajstić information content (AvgIpc) is 2.74. The Kier molecular flexibility index (Phi) is 6.45. The molecule has 1 fully saturated rings. The number of likely N-dealkylation sites (tertiary alicyclic amines) is 1. The molecule has 148 valence electrons. The van der Waals surface area contributed by atoms with Gasteiger partial charge in [0.15, 0.2) is 0 Å². The van der Waals surface area contributed by atoms with E-state index >= 15 is 0 Å². The van der Waals surface area contributed by atoms with E-state index in [-0.39, 0.29) is 11.8 Å². The van der Waals surface area contributed by atoms with Gasteiger partial charge in [0.05, 0.1) is 5.41 Å². The first-order valence-corrected chi connectivity index (χ1v) is 10.1. The standard InChI is InChI=1S/C23H29N3O2/c1-3-21(27)26-13-7-11-23(17-26,22(28)25-4-2)15-18-8-5-9-19(14-18)20-10-6-12-24-16-20/h5-6,8-10,12,14,16H,3-4,7,11,13,15,17H2,1-2H3,(H,25,28)/t23-/m0/s1. The molecule has 2 amide bonds. The first-order valence-electron chi connectivity index (χ1n) is 10.1. The summed E-state index contributed by atoms with van der Waals surface area (Å²) >= 11 is 0.